The van der Waals surface area contributed by atoms with Gasteiger partial charge in [0.1, 0.15) is 0 Å². The highest BCUT2D eigenvalue weighted by molar-refractivity contribution is 5.46. The van der Waals surface area contributed by atoms with E-state index in [1.54, 1.807) is 0 Å². The summed E-state index contributed by atoms with van der Waals surface area (Å²) in [5.74, 6) is 0. The molecule has 1 saturated heterocycles. The van der Waals surface area contributed by atoms with Crippen LogP contribution in [0.2, 0.25) is 0 Å². The van der Waals surface area contributed by atoms with E-state index < -0.39 is 0 Å². The molecular weight excluding hydrogens is 238 g/mol. The Bertz CT molecular complexity index is 377. The Hall–Kier alpha value is -1.13. The largest absolute Gasteiger partial charge is 0.381 e. The van der Waals surface area contributed by atoms with Gasteiger partial charge in [-0.05, 0) is 37.9 Å². The molecule has 0 spiro atoms. The highest BCUT2D eigenvalue weighted by atomic mass is 16.5. The smallest absolute Gasteiger partial charge is 0.0562 e. The number of ether oxygens (including phenoxy) is 1. The third-order valence-corrected chi connectivity index (χ3v) is 3.68. The summed E-state index contributed by atoms with van der Waals surface area (Å²) in [5, 5.41) is 3.40. The Morgan fingerprint density at radius 1 is 1.42 bits per heavy atom. The lowest BCUT2D eigenvalue weighted by Gasteiger charge is -2.33. The average molecular weight is 263 g/mol. The molecule has 1 N–H and O–H groups in total. The topological polar surface area (TPSA) is 37.4 Å². The van der Waals surface area contributed by atoms with Gasteiger partial charge >= 0.3 is 0 Å². The monoisotopic (exact) mass is 263 g/mol. The molecule has 0 atom stereocenters. The lowest BCUT2D eigenvalue weighted by Crippen LogP contribution is -2.36. The van der Waals surface area contributed by atoms with Gasteiger partial charge in [-0.25, -0.2) is 0 Å². The lowest BCUT2D eigenvalue weighted by molar-refractivity contribution is 0.0855. The molecule has 1 aromatic heterocycles. The van der Waals surface area contributed by atoms with Gasteiger partial charge in [0.2, 0.25) is 0 Å². The molecule has 1 aromatic rings. The quantitative estimate of drug-likeness (QED) is 0.798. The van der Waals surface area contributed by atoms with Gasteiger partial charge in [0.05, 0.1) is 5.69 Å². The molecule has 0 saturated carbocycles. The van der Waals surface area contributed by atoms with Crippen LogP contribution in [-0.4, -0.2) is 37.8 Å². The van der Waals surface area contributed by atoms with E-state index in [4.69, 9.17) is 4.74 Å². The second-order valence-corrected chi connectivity index (χ2v) is 5.14. The molecule has 2 heterocycles. The zero-order valence-corrected chi connectivity index (χ0v) is 12.1. The number of rotatable bonds is 6. The summed E-state index contributed by atoms with van der Waals surface area (Å²) < 4.78 is 5.43. The minimum Gasteiger partial charge on any atom is -0.381 e. The third-order valence-electron chi connectivity index (χ3n) is 3.68. The molecule has 0 unspecified atom stereocenters. The minimum absolute atomic E-state index is 0.590. The fourth-order valence-corrected chi connectivity index (χ4v) is 2.46. The molecule has 0 aromatic carbocycles. The molecule has 19 heavy (non-hydrogen) atoms. The standard InChI is InChI=1S/C15H25N3O/c1-3-7-16-12-13-11-15(4-8-17-13)18(2)14-5-9-19-10-6-14/h4,8,11,14,16H,3,5-7,9-10,12H2,1-2H3. The zero-order valence-electron chi connectivity index (χ0n) is 12.1. The van der Waals surface area contributed by atoms with Crippen LogP contribution >= 0.6 is 0 Å². The van der Waals surface area contributed by atoms with Gasteiger partial charge in [0, 0.05) is 44.7 Å². The Balaban J connectivity index is 1.96. The summed E-state index contributed by atoms with van der Waals surface area (Å²) in [6.07, 6.45) is 5.29. The van der Waals surface area contributed by atoms with E-state index in [0.717, 1.165) is 51.3 Å². The Kier molecular flexibility index (Phi) is 5.61. The first-order valence-electron chi connectivity index (χ1n) is 7.27. The molecule has 106 valence electrons. The van der Waals surface area contributed by atoms with Crippen molar-refractivity contribution < 1.29 is 4.74 Å². The second kappa shape index (κ2) is 7.46. The van der Waals surface area contributed by atoms with Crippen molar-refractivity contribution in [2.45, 2.75) is 38.8 Å². The number of hydrogen-bond donors (Lipinski definition) is 1. The van der Waals surface area contributed by atoms with Crippen LogP contribution in [0.5, 0.6) is 0 Å². The van der Waals surface area contributed by atoms with Crippen molar-refractivity contribution >= 4 is 5.69 Å². The normalized spacial score (nSPS) is 16.5. The van der Waals surface area contributed by atoms with Crippen LogP contribution in [0.1, 0.15) is 31.9 Å². The number of nitrogens with one attached hydrogen (secondary N) is 1. The average Bonchev–Trinajstić information content (AvgIpc) is 2.48. The molecule has 1 aliphatic rings. The molecule has 4 heteroatoms. The fraction of sp³-hybridized carbons (Fsp3) is 0.667. The highest BCUT2D eigenvalue weighted by Crippen LogP contribution is 2.21. The van der Waals surface area contributed by atoms with Crippen LogP contribution in [0.4, 0.5) is 5.69 Å². The summed E-state index contributed by atoms with van der Waals surface area (Å²) in [5.41, 5.74) is 2.38. The van der Waals surface area contributed by atoms with Gasteiger partial charge in [-0.15, -0.1) is 0 Å². The van der Waals surface area contributed by atoms with Gasteiger partial charge in [-0.1, -0.05) is 6.92 Å². The zero-order chi connectivity index (χ0) is 13.5. The van der Waals surface area contributed by atoms with E-state index >= 15 is 0 Å². The van der Waals surface area contributed by atoms with Crippen molar-refractivity contribution in [1.82, 2.24) is 10.3 Å². The van der Waals surface area contributed by atoms with Gasteiger partial charge < -0.3 is 15.0 Å². The van der Waals surface area contributed by atoms with Crippen LogP contribution in [-0.2, 0) is 11.3 Å². The summed E-state index contributed by atoms with van der Waals surface area (Å²) >= 11 is 0. The third kappa shape index (κ3) is 4.18. The fourth-order valence-electron chi connectivity index (χ4n) is 2.46. The summed E-state index contributed by atoms with van der Waals surface area (Å²) in [7, 11) is 2.18. The molecule has 1 fully saturated rings. The van der Waals surface area contributed by atoms with Crippen molar-refractivity contribution in [3.8, 4) is 0 Å². The molecule has 2 rings (SSSR count). The molecule has 0 aliphatic carbocycles. The van der Waals surface area contributed by atoms with Crippen LogP contribution < -0.4 is 10.2 Å². The van der Waals surface area contributed by atoms with Crippen molar-refractivity contribution in [2.75, 3.05) is 31.7 Å². The Labute approximate surface area is 116 Å². The first kappa shape index (κ1) is 14.3. The Morgan fingerprint density at radius 3 is 2.95 bits per heavy atom. The maximum absolute atomic E-state index is 5.43. The van der Waals surface area contributed by atoms with E-state index in [9.17, 15) is 0 Å². The summed E-state index contributed by atoms with van der Waals surface area (Å²) in [4.78, 5) is 6.79. The maximum Gasteiger partial charge on any atom is 0.0562 e. The van der Waals surface area contributed by atoms with Crippen molar-refractivity contribution in [3.05, 3.63) is 24.0 Å². The summed E-state index contributed by atoms with van der Waals surface area (Å²) in [6.45, 7) is 5.83. The van der Waals surface area contributed by atoms with Crippen molar-refractivity contribution in [2.24, 2.45) is 0 Å². The van der Waals surface area contributed by atoms with Crippen molar-refractivity contribution in [1.29, 1.82) is 0 Å². The molecule has 0 bridgehead atoms. The van der Waals surface area contributed by atoms with E-state index in [2.05, 4.69) is 41.3 Å². The number of nitrogens with zero attached hydrogens (tertiary/aromatic N) is 2. The van der Waals surface area contributed by atoms with Crippen molar-refractivity contribution in [3.63, 3.8) is 0 Å². The van der Waals surface area contributed by atoms with Gasteiger partial charge in [0.15, 0.2) is 0 Å². The minimum atomic E-state index is 0.590. The molecule has 0 radical (unpaired) electrons. The number of hydrogen-bond acceptors (Lipinski definition) is 4. The predicted octanol–water partition coefficient (Wildman–Crippen LogP) is 2.20. The van der Waals surface area contributed by atoms with Crippen LogP contribution in [0, 0.1) is 0 Å². The van der Waals surface area contributed by atoms with E-state index in [-0.39, 0.29) is 0 Å². The molecular formula is C15H25N3O. The summed E-state index contributed by atoms with van der Waals surface area (Å²) in [6, 6.07) is 4.88. The van der Waals surface area contributed by atoms with Gasteiger partial charge in [0.25, 0.3) is 0 Å². The SMILES string of the molecule is CCCNCc1cc(N(C)C2CCOCC2)ccn1. The van der Waals surface area contributed by atoms with Gasteiger partial charge in [-0.3, -0.25) is 4.98 Å². The molecule has 0 amide bonds. The first-order valence-corrected chi connectivity index (χ1v) is 7.27. The maximum atomic E-state index is 5.43. The first-order chi connectivity index (χ1) is 9.31. The Morgan fingerprint density at radius 2 is 2.21 bits per heavy atom. The van der Waals surface area contributed by atoms with Crippen LogP contribution in [0.15, 0.2) is 18.3 Å². The van der Waals surface area contributed by atoms with E-state index in [1.807, 2.05) is 6.20 Å². The molecule has 1 aliphatic heterocycles. The van der Waals surface area contributed by atoms with Crippen LogP contribution in [0.3, 0.4) is 0 Å². The molecule has 4 nitrogen and oxygen atoms in total. The number of aromatic nitrogens is 1. The second-order valence-electron chi connectivity index (χ2n) is 5.14. The predicted molar refractivity (Wildman–Crippen MR) is 78.5 cm³/mol. The lowest BCUT2D eigenvalue weighted by atomic mass is 10.1. The van der Waals surface area contributed by atoms with E-state index in [0.29, 0.717) is 6.04 Å². The highest BCUT2D eigenvalue weighted by Gasteiger charge is 2.18. The van der Waals surface area contributed by atoms with Gasteiger partial charge in [-0.2, -0.15) is 0 Å². The number of pyridine rings is 1. The van der Waals surface area contributed by atoms with Crippen LogP contribution in [0.25, 0.3) is 0 Å². The van der Waals surface area contributed by atoms with E-state index in [1.165, 1.54) is 5.69 Å². The number of anilines is 1.